The van der Waals surface area contributed by atoms with Crippen LogP contribution in [-0.2, 0) is 12.8 Å². The number of benzene rings is 1. The zero-order valence-corrected chi connectivity index (χ0v) is 11.9. The Kier molecular flexibility index (Phi) is 5.19. The van der Waals surface area contributed by atoms with Crippen LogP contribution >= 0.6 is 23.2 Å². The third kappa shape index (κ3) is 3.93. The van der Waals surface area contributed by atoms with Crippen molar-refractivity contribution in [2.24, 2.45) is 5.73 Å². The highest BCUT2D eigenvalue weighted by Crippen LogP contribution is 2.26. The maximum Gasteiger partial charge on any atom is 0.226 e. The van der Waals surface area contributed by atoms with Crippen molar-refractivity contribution in [3.8, 4) is 0 Å². The summed E-state index contributed by atoms with van der Waals surface area (Å²) in [5.74, 6) is 1.23. The maximum atomic E-state index is 6.10. The molecule has 0 fully saturated rings. The van der Waals surface area contributed by atoms with Crippen LogP contribution in [-0.4, -0.2) is 16.7 Å². The van der Waals surface area contributed by atoms with E-state index in [0.717, 1.165) is 24.8 Å². The topological polar surface area (TPSA) is 64.9 Å². The number of halogens is 2. The van der Waals surface area contributed by atoms with Gasteiger partial charge in [0.25, 0.3) is 0 Å². The molecule has 0 saturated carbocycles. The normalized spacial score (nSPS) is 10.9. The smallest absolute Gasteiger partial charge is 0.226 e. The second-order valence-corrected chi connectivity index (χ2v) is 5.04. The summed E-state index contributed by atoms with van der Waals surface area (Å²) >= 11 is 12.2. The van der Waals surface area contributed by atoms with Gasteiger partial charge in [0, 0.05) is 22.9 Å². The number of nitrogens with two attached hydrogens (primary N) is 1. The molecule has 0 saturated heterocycles. The van der Waals surface area contributed by atoms with E-state index >= 15 is 0 Å². The molecule has 1 aromatic heterocycles. The Morgan fingerprint density at radius 2 is 1.89 bits per heavy atom. The molecule has 6 heteroatoms. The van der Waals surface area contributed by atoms with Crippen molar-refractivity contribution >= 4 is 23.2 Å². The minimum Gasteiger partial charge on any atom is -0.339 e. The molecule has 19 heavy (non-hydrogen) atoms. The van der Waals surface area contributed by atoms with Crippen LogP contribution in [0.5, 0.6) is 0 Å². The van der Waals surface area contributed by atoms with Crippen LogP contribution in [0.15, 0.2) is 22.7 Å². The number of aryl methyl sites for hydroxylation is 1. The van der Waals surface area contributed by atoms with Gasteiger partial charge < -0.3 is 10.3 Å². The number of aromatic nitrogens is 2. The molecule has 0 amide bonds. The SMILES string of the molecule is NCCCCc1nc(Cc2c(Cl)cccc2Cl)no1. The fourth-order valence-electron chi connectivity index (χ4n) is 1.74. The van der Waals surface area contributed by atoms with Gasteiger partial charge in [0.05, 0.1) is 0 Å². The van der Waals surface area contributed by atoms with Crippen molar-refractivity contribution in [3.05, 3.63) is 45.5 Å². The van der Waals surface area contributed by atoms with E-state index in [1.54, 1.807) is 12.1 Å². The molecule has 102 valence electrons. The fraction of sp³-hybridized carbons (Fsp3) is 0.385. The van der Waals surface area contributed by atoms with Crippen molar-refractivity contribution in [1.82, 2.24) is 10.1 Å². The Morgan fingerprint density at radius 3 is 2.58 bits per heavy atom. The largest absolute Gasteiger partial charge is 0.339 e. The standard InChI is InChI=1S/C13H15Cl2N3O/c14-10-4-3-5-11(15)9(10)8-12-17-13(19-18-12)6-1-2-7-16/h3-5H,1-2,6-8,16H2. The summed E-state index contributed by atoms with van der Waals surface area (Å²) in [5, 5.41) is 5.16. The molecule has 0 aliphatic heterocycles. The van der Waals surface area contributed by atoms with E-state index in [-0.39, 0.29) is 0 Å². The van der Waals surface area contributed by atoms with E-state index in [0.29, 0.717) is 34.7 Å². The summed E-state index contributed by atoms with van der Waals surface area (Å²) in [7, 11) is 0. The second-order valence-electron chi connectivity index (χ2n) is 4.23. The lowest BCUT2D eigenvalue weighted by molar-refractivity contribution is 0.370. The zero-order chi connectivity index (χ0) is 13.7. The third-order valence-electron chi connectivity index (χ3n) is 2.75. The highest BCUT2D eigenvalue weighted by Gasteiger charge is 2.11. The second kappa shape index (κ2) is 6.89. The summed E-state index contributed by atoms with van der Waals surface area (Å²) in [6, 6.07) is 5.40. The first kappa shape index (κ1) is 14.3. The van der Waals surface area contributed by atoms with E-state index in [1.807, 2.05) is 6.07 Å². The number of hydrogen-bond acceptors (Lipinski definition) is 4. The zero-order valence-electron chi connectivity index (χ0n) is 10.4. The summed E-state index contributed by atoms with van der Waals surface area (Å²) in [6.45, 7) is 0.677. The number of rotatable bonds is 6. The lowest BCUT2D eigenvalue weighted by Crippen LogP contribution is -1.99. The first-order valence-electron chi connectivity index (χ1n) is 6.15. The maximum absolute atomic E-state index is 6.10. The average Bonchev–Trinajstić information content (AvgIpc) is 2.82. The Labute approximate surface area is 121 Å². The van der Waals surface area contributed by atoms with Crippen LogP contribution < -0.4 is 5.73 Å². The molecule has 2 aromatic rings. The number of nitrogens with zero attached hydrogens (tertiary/aromatic N) is 2. The minimum absolute atomic E-state index is 0.471. The Bertz CT molecular complexity index is 522. The van der Waals surface area contributed by atoms with Crippen LogP contribution in [0.1, 0.15) is 30.1 Å². The van der Waals surface area contributed by atoms with E-state index in [1.165, 1.54) is 0 Å². The first-order valence-corrected chi connectivity index (χ1v) is 6.90. The molecule has 0 unspecified atom stereocenters. The molecule has 0 bridgehead atoms. The monoisotopic (exact) mass is 299 g/mol. The van der Waals surface area contributed by atoms with Crippen molar-refractivity contribution < 1.29 is 4.52 Å². The van der Waals surface area contributed by atoms with Gasteiger partial charge in [0.2, 0.25) is 5.89 Å². The van der Waals surface area contributed by atoms with Crippen LogP contribution in [0, 0.1) is 0 Å². The van der Waals surface area contributed by atoms with Crippen LogP contribution in [0.25, 0.3) is 0 Å². The predicted octanol–water partition coefficient (Wildman–Crippen LogP) is 3.25. The molecule has 2 N–H and O–H groups in total. The van der Waals surface area contributed by atoms with Gasteiger partial charge in [0.15, 0.2) is 5.82 Å². The minimum atomic E-state index is 0.471. The molecular formula is C13H15Cl2N3O. The van der Waals surface area contributed by atoms with E-state index < -0.39 is 0 Å². The van der Waals surface area contributed by atoms with E-state index in [4.69, 9.17) is 33.5 Å². The van der Waals surface area contributed by atoms with E-state index in [9.17, 15) is 0 Å². The Balaban J connectivity index is 2.03. The van der Waals surface area contributed by atoms with Gasteiger partial charge in [-0.1, -0.05) is 34.4 Å². The lowest BCUT2D eigenvalue weighted by Gasteiger charge is -2.02. The van der Waals surface area contributed by atoms with Crippen molar-refractivity contribution in [2.75, 3.05) is 6.54 Å². The highest BCUT2D eigenvalue weighted by molar-refractivity contribution is 6.36. The molecule has 0 atom stereocenters. The van der Waals surface area contributed by atoms with Crippen molar-refractivity contribution in [1.29, 1.82) is 0 Å². The molecule has 4 nitrogen and oxygen atoms in total. The van der Waals surface area contributed by atoms with Crippen LogP contribution in [0.3, 0.4) is 0 Å². The van der Waals surface area contributed by atoms with E-state index in [2.05, 4.69) is 10.1 Å². The summed E-state index contributed by atoms with van der Waals surface area (Å²) in [6.07, 6.45) is 3.12. The summed E-state index contributed by atoms with van der Waals surface area (Å²) < 4.78 is 5.18. The molecule has 0 spiro atoms. The molecule has 0 radical (unpaired) electrons. The predicted molar refractivity (Wildman–Crippen MR) is 75.6 cm³/mol. The van der Waals surface area contributed by atoms with Gasteiger partial charge in [0.1, 0.15) is 0 Å². The number of unbranched alkanes of at least 4 members (excludes halogenated alkanes) is 1. The Hall–Kier alpha value is -1.10. The molecule has 1 heterocycles. The first-order chi connectivity index (χ1) is 9.20. The summed E-state index contributed by atoms with van der Waals surface area (Å²) in [5.41, 5.74) is 6.26. The summed E-state index contributed by atoms with van der Waals surface area (Å²) in [4.78, 5) is 4.32. The van der Waals surface area contributed by atoms with Gasteiger partial charge in [-0.15, -0.1) is 0 Å². The molecule has 0 aliphatic rings. The van der Waals surface area contributed by atoms with Gasteiger partial charge >= 0.3 is 0 Å². The molecule has 1 aromatic carbocycles. The van der Waals surface area contributed by atoms with Crippen LogP contribution in [0.2, 0.25) is 10.0 Å². The molecular weight excluding hydrogens is 285 g/mol. The lowest BCUT2D eigenvalue weighted by atomic mass is 10.1. The van der Waals surface area contributed by atoms with Gasteiger partial charge in [-0.3, -0.25) is 0 Å². The quantitative estimate of drug-likeness (QED) is 0.832. The molecule has 0 aliphatic carbocycles. The fourth-order valence-corrected chi connectivity index (χ4v) is 2.27. The third-order valence-corrected chi connectivity index (χ3v) is 3.46. The Morgan fingerprint density at radius 1 is 1.16 bits per heavy atom. The highest BCUT2D eigenvalue weighted by atomic mass is 35.5. The molecule has 2 rings (SSSR count). The van der Waals surface area contributed by atoms with Gasteiger partial charge in [-0.2, -0.15) is 4.98 Å². The number of hydrogen-bond donors (Lipinski definition) is 1. The van der Waals surface area contributed by atoms with Gasteiger partial charge in [-0.05, 0) is 37.1 Å². The average molecular weight is 300 g/mol. The van der Waals surface area contributed by atoms with Crippen LogP contribution in [0.4, 0.5) is 0 Å². The van der Waals surface area contributed by atoms with Gasteiger partial charge in [-0.25, -0.2) is 0 Å². The van der Waals surface area contributed by atoms with Crippen molar-refractivity contribution in [3.63, 3.8) is 0 Å². The van der Waals surface area contributed by atoms with Crippen molar-refractivity contribution in [2.45, 2.75) is 25.7 Å².